The molecule has 0 spiro atoms. The second kappa shape index (κ2) is 6.01. The predicted molar refractivity (Wildman–Crippen MR) is 72.4 cm³/mol. The lowest BCUT2D eigenvalue weighted by Gasteiger charge is -2.31. The molecule has 2 rings (SSSR count). The molecular weight excluding hydrogens is 266 g/mol. The number of nitrogens with one attached hydrogen (secondary N) is 1. The number of hydrogen-bond acceptors (Lipinski definition) is 4. The maximum Gasteiger partial charge on any atom is 0.323 e. The third-order valence-corrected chi connectivity index (χ3v) is 3.98. The fourth-order valence-electron chi connectivity index (χ4n) is 2.25. The van der Waals surface area contributed by atoms with Crippen LogP contribution in [0.15, 0.2) is 5.38 Å². The summed E-state index contributed by atoms with van der Waals surface area (Å²) in [5.74, 6) is -0.752. The van der Waals surface area contributed by atoms with E-state index in [0.717, 1.165) is 18.5 Å². The summed E-state index contributed by atoms with van der Waals surface area (Å²) in [6.07, 6.45) is 1.84. The van der Waals surface area contributed by atoms with Crippen molar-refractivity contribution in [1.29, 1.82) is 0 Å². The van der Waals surface area contributed by atoms with Gasteiger partial charge < -0.3 is 10.0 Å². The number of likely N-dealkylation sites (tertiary alicyclic amines) is 1. The van der Waals surface area contributed by atoms with Gasteiger partial charge in [0.25, 0.3) is 0 Å². The van der Waals surface area contributed by atoms with Crippen LogP contribution in [0.2, 0.25) is 0 Å². The minimum atomic E-state index is -0.803. The fourth-order valence-corrected chi connectivity index (χ4v) is 2.92. The molecule has 0 radical (unpaired) electrons. The molecular formula is C12H17N3O3S. The lowest BCUT2D eigenvalue weighted by Crippen LogP contribution is -2.42. The lowest BCUT2D eigenvalue weighted by molar-refractivity contribution is -0.138. The zero-order chi connectivity index (χ0) is 13.8. The van der Waals surface area contributed by atoms with Gasteiger partial charge >= 0.3 is 12.0 Å². The van der Waals surface area contributed by atoms with Gasteiger partial charge in [0.05, 0.1) is 5.69 Å². The third-order valence-electron chi connectivity index (χ3n) is 3.10. The molecule has 1 aliphatic heterocycles. The van der Waals surface area contributed by atoms with Crippen LogP contribution in [-0.4, -0.2) is 40.1 Å². The monoisotopic (exact) mass is 283 g/mol. The largest absolute Gasteiger partial charge is 0.481 e. The maximum absolute atomic E-state index is 12.0. The normalized spacial score (nSPS) is 19.2. The summed E-state index contributed by atoms with van der Waals surface area (Å²) in [4.78, 5) is 28.6. The molecule has 0 saturated carbocycles. The molecule has 1 aromatic heterocycles. The average Bonchev–Trinajstić information content (AvgIpc) is 2.74. The number of aliphatic carboxylic acids is 1. The highest BCUT2D eigenvalue weighted by molar-refractivity contribution is 7.13. The summed E-state index contributed by atoms with van der Waals surface area (Å²) in [7, 11) is 0. The van der Waals surface area contributed by atoms with Crippen molar-refractivity contribution in [2.75, 3.05) is 18.4 Å². The SMILES string of the molecule is Cc1csc(NC(=O)N2CCCC(CC(=O)O)C2)n1. The molecule has 7 heteroatoms. The van der Waals surface area contributed by atoms with Gasteiger partial charge in [-0.15, -0.1) is 11.3 Å². The van der Waals surface area contributed by atoms with Crippen LogP contribution >= 0.6 is 11.3 Å². The van der Waals surface area contributed by atoms with Crippen LogP contribution in [-0.2, 0) is 4.79 Å². The van der Waals surface area contributed by atoms with Gasteiger partial charge in [-0.25, -0.2) is 9.78 Å². The van der Waals surface area contributed by atoms with Crippen molar-refractivity contribution in [2.24, 2.45) is 5.92 Å². The van der Waals surface area contributed by atoms with Gasteiger partial charge in [-0.2, -0.15) is 0 Å². The highest BCUT2D eigenvalue weighted by Crippen LogP contribution is 2.21. The summed E-state index contributed by atoms with van der Waals surface area (Å²) in [5.41, 5.74) is 0.877. The Kier molecular flexibility index (Phi) is 4.36. The van der Waals surface area contributed by atoms with E-state index in [0.29, 0.717) is 18.2 Å². The number of hydrogen-bond donors (Lipinski definition) is 2. The Morgan fingerprint density at radius 1 is 1.63 bits per heavy atom. The summed E-state index contributed by atoms with van der Waals surface area (Å²) in [5, 5.41) is 14.0. The van der Waals surface area contributed by atoms with Gasteiger partial charge in [-0.3, -0.25) is 10.1 Å². The fraction of sp³-hybridized carbons (Fsp3) is 0.583. The van der Waals surface area contributed by atoms with E-state index >= 15 is 0 Å². The summed E-state index contributed by atoms with van der Waals surface area (Å²) in [6.45, 7) is 3.05. The number of amides is 2. The standard InChI is InChI=1S/C12H17N3O3S/c1-8-7-19-11(13-8)14-12(18)15-4-2-3-9(6-15)5-10(16)17/h7,9H,2-6H2,1H3,(H,16,17)(H,13,14,18). The topological polar surface area (TPSA) is 82.5 Å². The van der Waals surface area contributed by atoms with Crippen LogP contribution in [0.4, 0.5) is 9.93 Å². The number of anilines is 1. The van der Waals surface area contributed by atoms with Crippen LogP contribution < -0.4 is 5.32 Å². The Morgan fingerprint density at radius 3 is 3.05 bits per heavy atom. The van der Waals surface area contributed by atoms with Crippen molar-refractivity contribution in [3.63, 3.8) is 0 Å². The second-order valence-electron chi connectivity index (χ2n) is 4.78. The molecule has 0 aliphatic carbocycles. The second-order valence-corrected chi connectivity index (χ2v) is 5.63. The molecule has 1 saturated heterocycles. The zero-order valence-electron chi connectivity index (χ0n) is 10.8. The third kappa shape index (κ3) is 3.92. The van der Waals surface area contributed by atoms with E-state index in [2.05, 4.69) is 10.3 Å². The highest BCUT2D eigenvalue weighted by Gasteiger charge is 2.25. The first-order chi connectivity index (χ1) is 9.04. The molecule has 1 atom stereocenters. The van der Waals surface area contributed by atoms with Gasteiger partial charge in [-0.05, 0) is 25.7 Å². The van der Waals surface area contributed by atoms with Crippen LogP contribution in [0.25, 0.3) is 0 Å². The minimum Gasteiger partial charge on any atom is -0.481 e. The highest BCUT2D eigenvalue weighted by atomic mass is 32.1. The Balaban J connectivity index is 1.89. The van der Waals surface area contributed by atoms with Crippen molar-refractivity contribution < 1.29 is 14.7 Å². The Bertz CT molecular complexity index is 475. The van der Waals surface area contributed by atoms with Crippen molar-refractivity contribution in [3.8, 4) is 0 Å². The first-order valence-corrected chi connectivity index (χ1v) is 7.12. The number of rotatable bonds is 3. The van der Waals surface area contributed by atoms with Gasteiger partial charge in [0.2, 0.25) is 0 Å². The number of urea groups is 1. The van der Waals surface area contributed by atoms with Crippen LogP contribution in [0.1, 0.15) is 25.0 Å². The molecule has 1 fully saturated rings. The Labute approximate surface area is 115 Å². The molecule has 2 heterocycles. The van der Waals surface area contributed by atoms with Gasteiger partial charge in [-0.1, -0.05) is 0 Å². The number of carbonyl (C=O) groups excluding carboxylic acids is 1. The van der Waals surface area contributed by atoms with E-state index in [1.165, 1.54) is 11.3 Å². The van der Waals surface area contributed by atoms with Gasteiger partial charge in [0.15, 0.2) is 5.13 Å². The van der Waals surface area contributed by atoms with Crippen LogP contribution in [0.3, 0.4) is 0 Å². The summed E-state index contributed by atoms with van der Waals surface area (Å²) in [6, 6.07) is -0.190. The number of carboxylic acid groups (broad SMARTS) is 1. The van der Waals surface area contributed by atoms with Crippen LogP contribution in [0, 0.1) is 12.8 Å². The Morgan fingerprint density at radius 2 is 2.42 bits per heavy atom. The number of piperidine rings is 1. The van der Waals surface area contributed by atoms with E-state index < -0.39 is 5.97 Å². The minimum absolute atomic E-state index is 0.0510. The molecule has 0 aromatic carbocycles. The quantitative estimate of drug-likeness (QED) is 0.890. The average molecular weight is 283 g/mol. The molecule has 1 aromatic rings. The molecule has 0 bridgehead atoms. The molecule has 1 aliphatic rings. The smallest absolute Gasteiger partial charge is 0.323 e. The Hall–Kier alpha value is -1.63. The zero-order valence-corrected chi connectivity index (χ0v) is 11.6. The molecule has 104 valence electrons. The van der Waals surface area contributed by atoms with Crippen molar-refractivity contribution in [1.82, 2.24) is 9.88 Å². The van der Waals surface area contributed by atoms with Gasteiger partial charge in [0, 0.05) is 24.9 Å². The molecule has 19 heavy (non-hydrogen) atoms. The number of nitrogens with zero attached hydrogens (tertiary/aromatic N) is 2. The van der Waals surface area contributed by atoms with E-state index in [1.54, 1.807) is 4.90 Å². The molecule has 6 nitrogen and oxygen atoms in total. The van der Waals surface area contributed by atoms with E-state index in [-0.39, 0.29) is 18.4 Å². The number of carbonyl (C=O) groups is 2. The van der Waals surface area contributed by atoms with Crippen molar-refractivity contribution >= 4 is 28.5 Å². The van der Waals surface area contributed by atoms with E-state index in [1.807, 2.05) is 12.3 Å². The first-order valence-electron chi connectivity index (χ1n) is 6.24. The van der Waals surface area contributed by atoms with Crippen molar-refractivity contribution in [2.45, 2.75) is 26.2 Å². The number of carboxylic acids is 1. The maximum atomic E-state index is 12.0. The lowest BCUT2D eigenvalue weighted by atomic mass is 9.95. The molecule has 1 unspecified atom stereocenters. The van der Waals surface area contributed by atoms with Crippen molar-refractivity contribution in [3.05, 3.63) is 11.1 Å². The number of aromatic nitrogens is 1. The summed E-state index contributed by atoms with van der Waals surface area (Å²) >= 11 is 1.39. The molecule has 2 amide bonds. The van der Waals surface area contributed by atoms with Gasteiger partial charge in [0.1, 0.15) is 0 Å². The first kappa shape index (κ1) is 13.8. The molecule has 2 N–H and O–H groups in total. The van der Waals surface area contributed by atoms with Crippen LogP contribution in [0.5, 0.6) is 0 Å². The summed E-state index contributed by atoms with van der Waals surface area (Å²) < 4.78 is 0. The predicted octanol–water partition coefficient (Wildman–Crippen LogP) is 2.17. The van der Waals surface area contributed by atoms with E-state index in [9.17, 15) is 9.59 Å². The van der Waals surface area contributed by atoms with E-state index in [4.69, 9.17) is 5.11 Å². The number of thiazole rings is 1. The number of aryl methyl sites for hydroxylation is 1.